The van der Waals surface area contributed by atoms with Crippen LogP contribution < -0.4 is 19.3 Å². The smallest absolute Gasteiger partial charge is 0.282 e. The zero-order chi connectivity index (χ0) is 23.7. The molecule has 0 spiro atoms. The zero-order valence-corrected chi connectivity index (χ0v) is 19.4. The minimum absolute atomic E-state index is 0.316. The largest absolute Gasteiger partial charge is 0.497 e. The molecule has 1 aliphatic heterocycles. The maximum Gasteiger partial charge on any atom is 0.282 e. The third kappa shape index (κ3) is 3.96. The Morgan fingerprint density at radius 3 is 1.97 bits per heavy atom. The number of benzene rings is 3. The molecule has 168 valence electrons. The molecule has 33 heavy (non-hydrogen) atoms. The molecule has 0 saturated carbocycles. The summed E-state index contributed by atoms with van der Waals surface area (Å²) in [5.41, 5.74) is 4.73. The first-order valence-corrected chi connectivity index (χ1v) is 10.6. The van der Waals surface area contributed by atoms with Crippen LogP contribution in [0.25, 0.3) is 5.57 Å². The number of carbonyl (C=O) groups is 2. The van der Waals surface area contributed by atoms with E-state index in [1.54, 1.807) is 30.1 Å². The normalized spacial score (nSPS) is 13.5. The lowest BCUT2D eigenvalue weighted by atomic mass is 9.99. The van der Waals surface area contributed by atoms with Crippen molar-refractivity contribution in [3.8, 4) is 11.5 Å². The quantitative estimate of drug-likeness (QED) is 0.516. The van der Waals surface area contributed by atoms with Crippen LogP contribution in [0.3, 0.4) is 0 Å². The number of para-hydroxylation sites is 1. The number of ether oxygens (including phenoxy) is 2. The highest BCUT2D eigenvalue weighted by atomic mass is 16.5. The van der Waals surface area contributed by atoms with Gasteiger partial charge in [-0.2, -0.15) is 0 Å². The van der Waals surface area contributed by atoms with Crippen LogP contribution in [0.5, 0.6) is 11.5 Å². The van der Waals surface area contributed by atoms with Gasteiger partial charge in [0.2, 0.25) is 0 Å². The minimum Gasteiger partial charge on any atom is -0.497 e. The van der Waals surface area contributed by atoms with E-state index in [0.29, 0.717) is 34.0 Å². The van der Waals surface area contributed by atoms with Crippen LogP contribution in [0.15, 0.2) is 72.4 Å². The van der Waals surface area contributed by atoms with E-state index in [1.807, 2.05) is 62.4 Å². The lowest BCUT2D eigenvalue weighted by Crippen LogP contribution is -2.34. The molecule has 0 aromatic heterocycles. The van der Waals surface area contributed by atoms with Gasteiger partial charge >= 0.3 is 0 Å². The Balaban J connectivity index is 1.90. The number of carbonyl (C=O) groups excluding carboxylic acids is 2. The van der Waals surface area contributed by atoms with Gasteiger partial charge < -0.3 is 14.4 Å². The molecular weight excluding hydrogens is 416 g/mol. The van der Waals surface area contributed by atoms with Gasteiger partial charge in [0.1, 0.15) is 17.2 Å². The van der Waals surface area contributed by atoms with Crippen molar-refractivity contribution >= 4 is 28.8 Å². The first-order chi connectivity index (χ1) is 15.8. The fraction of sp³-hybridized carbons (Fsp3) is 0.185. The molecule has 0 atom stereocenters. The summed E-state index contributed by atoms with van der Waals surface area (Å²) in [4.78, 5) is 30.5. The van der Waals surface area contributed by atoms with E-state index in [-0.39, 0.29) is 0 Å². The second-order valence-corrected chi connectivity index (χ2v) is 7.93. The average Bonchev–Trinajstić information content (AvgIpc) is 3.10. The van der Waals surface area contributed by atoms with Gasteiger partial charge in [0, 0.05) is 30.9 Å². The highest BCUT2D eigenvalue weighted by Crippen LogP contribution is 2.38. The summed E-state index contributed by atoms with van der Waals surface area (Å²) < 4.78 is 10.7. The van der Waals surface area contributed by atoms with Crippen molar-refractivity contribution in [2.24, 2.45) is 0 Å². The number of hydrogen-bond donors (Lipinski definition) is 0. The Morgan fingerprint density at radius 2 is 1.39 bits per heavy atom. The molecule has 2 amide bonds. The molecule has 0 fully saturated rings. The van der Waals surface area contributed by atoms with Crippen molar-refractivity contribution in [1.29, 1.82) is 0 Å². The molecule has 1 aliphatic rings. The van der Waals surface area contributed by atoms with E-state index in [0.717, 1.165) is 16.8 Å². The van der Waals surface area contributed by atoms with Gasteiger partial charge in [-0.05, 0) is 42.7 Å². The van der Waals surface area contributed by atoms with Gasteiger partial charge in [-0.25, -0.2) is 4.90 Å². The summed E-state index contributed by atoms with van der Waals surface area (Å²) in [5.74, 6) is 0.177. The van der Waals surface area contributed by atoms with Gasteiger partial charge in [0.25, 0.3) is 11.8 Å². The molecule has 0 aliphatic carbocycles. The fourth-order valence-electron chi connectivity index (χ4n) is 3.92. The summed E-state index contributed by atoms with van der Waals surface area (Å²) in [7, 11) is 4.85. The van der Waals surface area contributed by atoms with Crippen molar-refractivity contribution in [3.05, 3.63) is 89.1 Å². The Kier molecular flexibility index (Phi) is 5.92. The number of imide groups is 1. The van der Waals surface area contributed by atoms with Gasteiger partial charge in [-0.1, -0.05) is 36.4 Å². The Bertz CT molecular complexity index is 1240. The first kappa shape index (κ1) is 22.1. The van der Waals surface area contributed by atoms with Crippen LogP contribution in [-0.4, -0.2) is 33.1 Å². The van der Waals surface area contributed by atoms with Crippen LogP contribution in [0.1, 0.15) is 16.7 Å². The summed E-state index contributed by atoms with van der Waals surface area (Å²) in [6.07, 6.45) is 0. The molecule has 0 N–H and O–H groups in total. The van der Waals surface area contributed by atoms with E-state index in [1.165, 1.54) is 19.1 Å². The molecule has 6 nitrogen and oxygen atoms in total. The lowest BCUT2D eigenvalue weighted by molar-refractivity contribution is -0.120. The molecule has 3 aromatic carbocycles. The van der Waals surface area contributed by atoms with Crippen LogP contribution >= 0.6 is 0 Å². The first-order valence-electron chi connectivity index (χ1n) is 10.6. The van der Waals surface area contributed by atoms with Gasteiger partial charge in [0.05, 0.1) is 25.5 Å². The fourth-order valence-corrected chi connectivity index (χ4v) is 3.92. The van der Waals surface area contributed by atoms with E-state index in [2.05, 4.69) is 0 Å². The number of likely N-dealkylation sites (N-methyl/N-ethyl adjacent to an activating group) is 1. The maximum atomic E-state index is 13.8. The van der Waals surface area contributed by atoms with E-state index >= 15 is 0 Å². The number of hydrogen-bond acceptors (Lipinski definition) is 5. The summed E-state index contributed by atoms with van der Waals surface area (Å²) in [5, 5.41) is 0. The number of rotatable bonds is 6. The van der Waals surface area contributed by atoms with Crippen LogP contribution in [0.4, 0.5) is 11.4 Å². The third-order valence-electron chi connectivity index (χ3n) is 5.93. The average molecular weight is 443 g/mol. The summed E-state index contributed by atoms with van der Waals surface area (Å²) in [6.45, 7) is 4.01. The highest BCUT2D eigenvalue weighted by molar-refractivity contribution is 6.46. The molecule has 4 rings (SSSR count). The lowest BCUT2D eigenvalue weighted by Gasteiger charge is -2.22. The molecule has 0 unspecified atom stereocenters. The Labute approximate surface area is 193 Å². The van der Waals surface area contributed by atoms with Crippen LogP contribution in [0, 0.1) is 13.8 Å². The van der Waals surface area contributed by atoms with E-state index in [9.17, 15) is 9.59 Å². The standard InChI is InChI=1S/C27H26N2O4/c1-17-11-12-19(13-18(17)2)24-25(28(3)20-9-7-6-8-10-20)27(31)29(26(24)30)21-14-22(32-4)16-23(15-21)33-5/h6-16H,1-5H3. The molecule has 6 heteroatoms. The van der Waals surface area contributed by atoms with Crippen molar-refractivity contribution in [1.82, 2.24) is 0 Å². The van der Waals surface area contributed by atoms with Crippen molar-refractivity contribution in [3.63, 3.8) is 0 Å². The number of aryl methyl sites for hydroxylation is 2. The van der Waals surface area contributed by atoms with Gasteiger partial charge in [0.15, 0.2) is 0 Å². The predicted molar refractivity (Wildman–Crippen MR) is 130 cm³/mol. The van der Waals surface area contributed by atoms with Crippen LogP contribution in [0.2, 0.25) is 0 Å². The predicted octanol–water partition coefficient (Wildman–Crippen LogP) is 4.74. The van der Waals surface area contributed by atoms with Crippen molar-refractivity contribution < 1.29 is 19.1 Å². The molecule has 0 radical (unpaired) electrons. The number of methoxy groups -OCH3 is 2. The zero-order valence-electron chi connectivity index (χ0n) is 19.4. The Morgan fingerprint density at radius 1 is 0.758 bits per heavy atom. The SMILES string of the molecule is COc1cc(OC)cc(N2C(=O)C(c3ccc(C)c(C)c3)=C(N(C)c3ccccc3)C2=O)c1. The number of nitrogens with zero attached hydrogens (tertiary/aromatic N) is 2. The second-order valence-electron chi connectivity index (χ2n) is 7.93. The van der Waals surface area contributed by atoms with Crippen molar-refractivity contribution in [2.75, 3.05) is 31.1 Å². The number of amides is 2. The topological polar surface area (TPSA) is 59.1 Å². The van der Waals surface area contributed by atoms with E-state index in [4.69, 9.17) is 9.47 Å². The van der Waals surface area contributed by atoms with Crippen LogP contribution in [-0.2, 0) is 9.59 Å². The Hall–Kier alpha value is -4.06. The molecule has 0 saturated heterocycles. The maximum absolute atomic E-state index is 13.8. The third-order valence-corrected chi connectivity index (χ3v) is 5.93. The van der Waals surface area contributed by atoms with Gasteiger partial charge in [-0.3, -0.25) is 9.59 Å². The highest BCUT2D eigenvalue weighted by Gasteiger charge is 2.42. The molecule has 3 aromatic rings. The molecular formula is C27H26N2O4. The molecule has 1 heterocycles. The number of anilines is 2. The van der Waals surface area contributed by atoms with Gasteiger partial charge in [-0.15, -0.1) is 0 Å². The monoisotopic (exact) mass is 442 g/mol. The minimum atomic E-state index is -0.408. The second kappa shape index (κ2) is 8.82. The van der Waals surface area contributed by atoms with E-state index < -0.39 is 11.8 Å². The summed E-state index contributed by atoms with van der Waals surface area (Å²) >= 11 is 0. The molecule has 0 bridgehead atoms. The summed E-state index contributed by atoms with van der Waals surface area (Å²) in [6, 6.07) is 20.3. The van der Waals surface area contributed by atoms with Crippen molar-refractivity contribution in [2.45, 2.75) is 13.8 Å².